The van der Waals surface area contributed by atoms with E-state index in [-0.39, 0.29) is 5.91 Å². The molecule has 0 atom stereocenters. The third-order valence-corrected chi connectivity index (χ3v) is 4.29. The highest BCUT2D eigenvalue weighted by Crippen LogP contribution is 2.29. The second-order valence-corrected chi connectivity index (χ2v) is 6.09. The topological polar surface area (TPSA) is 87.7 Å². The van der Waals surface area contributed by atoms with Gasteiger partial charge >= 0.3 is 5.97 Å². The first-order valence-corrected chi connectivity index (χ1v) is 8.73. The van der Waals surface area contributed by atoms with Crippen molar-refractivity contribution >= 4 is 34.8 Å². The Morgan fingerprint density at radius 2 is 1.78 bits per heavy atom. The number of nitrogens with one attached hydrogen (secondary N) is 2. The smallest absolute Gasteiger partial charge is 0.340 e. The molecule has 2 N–H and O–H groups in total. The number of nitrogens with zero attached hydrogens (tertiary/aromatic N) is 1. The molecule has 0 aliphatic carbocycles. The minimum atomic E-state index is -0.585. The van der Waals surface area contributed by atoms with Crippen molar-refractivity contribution in [3.63, 3.8) is 0 Å². The Morgan fingerprint density at radius 1 is 1.07 bits per heavy atom. The zero-order chi connectivity index (χ0) is 19.2. The van der Waals surface area contributed by atoms with E-state index < -0.39 is 18.5 Å². The molecule has 7 heteroatoms. The number of anilines is 3. The molecule has 1 saturated heterocycles. The quantitative estimate of drug-likeness (QED) is 0.767. The van der Waals surface area contributed by atoms with Crippen LogP contribution in [0.1, 0.15) is 23.2 Å². The first-order valence-electron chi connectivity index (χ1n) is 8.73. The Hall–Kier alpha value is -3.35. The number of ether oxygens (including phenoxy) is 1. The van der Waals surface area contributed by atoms with Crippen molar-refractivity contribution in [2.45, 2.75) is 12.8 Å². The molecule has 0 spiro atoms. The van der Waals surface area contributed by atoms with Crippen LogP contribution in [0.3, 0.4) is 0 Å². The lowest BCUT2D eigenvalue weighted by molar-refractivity contribution is -0.119. The van der Waals surface area contributed by atoms with Crippen molar-refractivity contribution in [3.8, 4) is 0 Å². The van der Waals surface area contributed by atoms with Gasteiger partial charge < -0.3 is 20.3 Å². The van der Waals surface area contributed by atoms with Gasteiger partial charge in [0.25, 0.3) is 5.91 Å². The summed E-state index contributed by atoms with van der Waals surface area (Å²) in [6.45, 7) is 0.209. The minimum absolute atomic E-state index is 0.0341. The number of rotatable bonds is 6. The van der Waals surface area contributed by atoms with Gasteiger partial charge in [0.05, 0.1) is 16.9 Å². The van der Waals surface area contributed by atoms with Gasteiger partial charge in [-0.3, -0.25) is 9.59 Å². The van der Waals surface area contributed by atoms with Crippen LogP contribution in [0.25, 0.3) is 0 Å². The highest BCUT2D eigenvalue weighted by Gasteiger charge is 2.24. The lowest BCUT2D eigenvalue weighted by Crippen LogP contribution is -2.27. The predicted octanol–water partition coefficient (Wildman–Crippen LogP) is 2.65. The molecule has 27 heavy (non-hydrogen) atoms. The number of carbonyl (C=O) groups excluding carboxylic acids is 3. The van der Waals surface area contributed by atoms with Gasteiger partial charge in [0.15, 0.2) is 6.61 Å². The Labute approximate surface area is 157 Å². The molecule has 140 valence electrons. The molecule has 2 aromatic carbocycles. The number of amides is 2. The molecule has 0 bridgehead atoms. The molecule has 0 saturated carbocycles. The van der Waals surface area contributed by atoms with Crippen molar-refractivity contribution in [2.75, 3.05) is 35.7 Å². The maximum absolute atomic E-state index is 12.2. The van der Waals surface area contributed by atoms with E-state index >= 15 is 0 Å². The number of para-hydroxylation sites is 3. The van der Waals surface area contributed by atoms with Gasteiger partial charge in [0, 0.05) is 25.7 Å². The first kappa shape index (κ1) is 18.4. The summed E-state index contributed by atoms with van der Waals surface area (Å²) in [5.74, 6) is -1.02. The van der Waals surface area contributed by atoms with Crippen LogP contribution in [0.4, 0.5) is 17.1 Å². The van der Waals surface area contributed by atoms with Crippen LogP contribution < -0.4 is 15.5 Å². The van der Waals surface area contributed by atoms with E-state index in [1.54, 1.807) is 54.4 Å². The lowest BCUT2D eigenvalue weighted by atomic mass is 10.2. The van der Waals surface area contributed by atoms with Gasteiger partial charge in [-0.25, -0.2) is 4.79 Å². The molecule has 3 rings (SSSR count). The largest absolute Gasteiger partial charge is 0.452 e. The van der Waals surface area contributed by atoms with E-state index in [9.17, 15) is 14.4 Å². The summed E-state index contributed by atoms with van der Waals surface area (Å²) in [6.07, 6.45) is 1.30. The van der Waals surface area contributed by atoms with Crippen LogP contribution in [0.15, 0.2) is 48.5 Å². The van der Waals surface area contributed by atoms with Gasteiger partial charge in [-0.05, 0) is 30.7 Å². The van der Waals surface area contributed by atoms with Crippen LogP contribution in [0.5, 0.6) is 0 Å². The molecular weight excluding hydrogens is 346 g/mol. The summed E-state index contributed by atoms with van der Waals surface area (Å²) < 4.78 is 5.12. The van der Waals surface area contributed by atoms with Gasteiger partial charge in [-0.2, -0.15) is 0 Å². The Kier molecular flexibility index (Phi) is 5.71. The standard InChI is InChI=1S/C20H21N3O4/c1-21-15-8-3-2-7-14(15)20(26)27-13-18(24)22-16-9-4-5-10-17(16)23-12-6-11-19(23)25/h2-5,7-10,21H,6,11-13H2,1H3,(H,22,24). The molecule has 0 radical (unpaired) electrons. The van der Waals surface area contributed by atoms with Crippen molar-refractivity contribution in [1.82, 2.24) is 0 Å². The molecular formula is C20H21N3O4. The zero-order valence-corrected chi connectivity index (χ0v) is 15.0. The molecule has 1 aliphatic rings. The maximum Gasteiger partial charge on any atom is 0.340 e. The van der Waals surface area contributed by atoms with Crippen LogP contribution in [-0.4, -0.2) is 38.0 Å². The Bertz CT molecular complexity index is 866. The summed E-state index contributed by atoms with van der Waals surface area (Å²) in [7, 11) is 1.70. The van der Waals surface area contributed by atoms with Crippen LogP contribution in [0.2, 0.25) is 0 Å². The fraction of sp³-hybridized carbons (Fsp3) is 0.250. The normalized spacial score (nSPS) is 13.4. The Balaban J connectivity index is 1.63. The third kappa shape index (κ3) is 4.25. The summed E-state index contributed by atoms with van der Waals surface area (Å²) in [5, 5.41) is 5.63. The fourth-order valence-electron chi connectivity index (χ4n) is 2.99. The van der Waals surface area contributed by atoms with E-state index in [1.165, 1.54) is 0 Å². The van der Waals surface area contributed by atoms with Crippen LogP contribution >= 0.6 is 0 Å². The second-order valence-electron chi connectivity index (χ2n) is 6.09. The van der Waals surface area contributed by atoms with Crippen molar-refractivity contribution in [2.24, 2.45) is 0 Å². The van der Waals surface area contributed by atoms with E-state index in [4.69, 9.17) is 4.74 Å². The summed E-state index contributed by atoms with van der Waals surface area (Å²) in [4.78, 5) is 38.1. The number of benzene rings is 2. The summed E-state index contributed by atoms with van der Waals surface area (Å²) >= 11 is 0. The minimum Gasteiger partial charge on any atom is -0.452 e. The number of esters is 1. The molecule has 1 heterocycles. The number of hydrogen-bond donors (Lipinski definition) is 2. The van der Waals surface area contributed by atoms with E-state index in [0.29, 0.717) is 35.6 Å². The molecule has 2 amide bonds. The molecule has 1 aliphatic heterocycles. The lowest BCUT2D eigenvalue weighted by Gasteiger charge is -2.20. The Morgan fingerprint density at radius 3 is 2.48 bits per heavy atom. The average Bonchev–Trinajstić information content (AvgIpc) is 3.12. The van der Waals surface area contributed by atoms with Gasteiger partial charge in [0.2, 0.25) is 5.91 Å². The fourth-order valence-corrected chi connectivity index (χ4v) is 2.99. The van der Waals surface area contributed by atoms with Crippen molar-refractivity contribution in [1.29, 1.82) is 0 Å². The van der Waals surface area contributed by atoms with E-state index in [2.05, 4.69) is 10.6 Å². The van der Waals surface area contributed by atoms with Crippen molar-refractivity contribution < 1.29 is 19.1 Å². The molecule has 0 unspecified atom stereocenters. The SMILES string of the molecule is CNc1ccccc1C(=O)OCC(=O)Nc1ccccc1N1CCCC1=O. The van der Waals surface area contributed by atoms with Gasteiger partial charge in [-0.1, -0.05) is 24.3 Å². The second kappa shape index (κ2) is 8.35. The molecule has 7 nitrogen and oxygen atoms in total. The van der Waals surface area contributed by atoms with E-state index in [0.717, 1.165) is 6.42 Å². The number of carbonyl (C=O) groups is 3. The monoisotopic (exact) mass is 367 g/mol. The third-order valence-electron chi connectivity index (χ3n) is 4.29. The van der Waals surface area contributed by atoms with Crippen LogP contribution in [-0.2, 0) is 14.3 Å². The van der Waals surface area contributed by atoms with Crippen molar-refractivity contribution in [3.05, 3.63) is 54.1 Å². The maximum atomic E-state index is 12.2. The van der Waals surface area contributed by atoms with Gasteiger partial charge in [-0.15, -0.1) is 0 Å². The van der Waals surface area contributed by atoms with E-state index in [1.807, 2.05) is 6.07 Å². The van der Waals surface area contributed by atoms with Crippen LogP contribution in [0, 0.1) is 0 Å². The first-order chi connectivity index (χ1) is 13.1. The zero-order valence-electron chi connectivity index (χ0n) is 15.0. The molecule has 2 aromatic rings. The highest BCUT2D eigenvalue weighted by molar-refractivity contribution is 6.03. The average molecular weight is 367 g/mol. The summed E-state index contributed by atoms with van der Waals surface area (Å²) in [6, 6.07) is 14.0. The highest BCUT2D eigenvalue weighted by atomic mass is 16.5. The summed E-state index contributed by atoms with van der Waals surface area (Å²) in [5.41, 5.74) is 2.15. The number of hydrogen-bond acceptors (Lipinski definition) is 5. The van der Waals surface area contributed by atoms with Gasteiger partial charge in [0.1, 0.15) is 0 Å². The molecule has 1 fully saturated rings. The molecule has 0 aromatic heterocycles. The predicted molar refractivity (Wildman–Crippen MR) is 103 cm³/mol.